The summed E-state index contributed by atoms with van der Waals surface area (Å²) in [6, 6.07) is 1.70. The van der Waals surface area contributed by atoms with E-state index in [0.29, 0.717) is 5.01 Å². The van der Waals surface area contributed by atoms with Gasteiger partial charge in [0.1, 0.15) is 10.5 Å². The Hall–Kier alpha value is -1.76. The maximum absolute atomic E-state index is 12.1. The predicted octanol–water partition coefficient (Wildman–Crippen LogP) is 0.245. The first-order chi connectivity index (χ1) is 8.25. The first-order valence-corrected chi connectivity index (χ1v) is 6.21. The van der Waals surface area contributed by atoms with Gasteiger partial charge in [0.25, 0.3) is 5.56 Å². The Morgan fingerprint density at radius 2 is 2.24 bits per heavy atom. The third kappa shape index (κ3) is 1.93. The van der Waals surface area contributed by atoms with Crippen LogP contribution in [0, 0.1) is 0 Å². The zero-order valence-corrected chi connectivity index (χ0v) is 9.76. The van der Waals surface area contributed by atoms with Crippen molar-refractivity contribution in [2.45, 2.75) is 25.4 Å². The second-order valence-electron chi connectivity index (χ2n) is 3.99. The number of hydrogen-bond donors (Lipinski definition) is 0. The molecule has 0 bridgehead atoms. The fourth-order valence-electron chi connectivity index (χ4n) is 1.71. The molecule has 7 heteroatoms. The van der Waals surface area contributed by atoms with Gasteiger partial charge in [0, 0.05) is 18.3 Å². The molecular weight excluding hydrogens is 240 g/mol. The summed E-state index contributed by atoms with van der Waals surface area (Å²) < 4.78 is 2.83. The van der Waals surface area contributed by atoms with Crippen LogP contribution in [0.15, 0.2) is 27.4 Å². The summed E-state index contributed by atoms with van der Waals surface area (Å²) in [5, 5.41) is 8.20. The normalized spacial score (nSPS) is 15.1. The van der Waals surface area contributed by atoms with Crippen LogP contribution in [-0.4, -0.2) is 19.3 Å². The summed E-state index contributed by atoms with van der Waals surface area (Å²) in [4.78, 5) is 23.7. The summed E-state index contributed by atoms with van der Waals surface area (Å²) >= 11 is 1.33. The Morgan fingerprint density at radius 3 is 2.88 bits per heavy atom. The van der Waals surface area contributed by atoms with Gasteiger partial charge in [-0.1, -0.05) is 0 Å². The lowest BCUT2D eigenvalue weighted by molar-refractivity contribution is 0.587. The summed E-state index contributed by atoms with van der Waals surface area (Å²) in [6.07, 6.45) is 3.60. The van der Waals surface area contributed by atoms with E-state index < -0.39 is 0 Å². The first kappa shape index (κ1) is 10.4. The number of hydrogen-bond acceptors (Lipinski definition) is 5. The predicted molar refractivity (Wildman–Crippen MR) is 62.2 cm³/mol. The molecule has 2 aromatic heterocycles. The second kappa shape index (κ2) is 3.92. The molecule has 1 fully saturated rings. The minimum atomic E-state index is -0.290. The number of nitrogens with zero attached hydrogens (tertiary/aromatic N) is 4. The fourth-order valence-corrected chi connectivity index (χ4v) is 2.22. The quantitative estimate of drug-likeness (QED) is 0.782. The van der Waals surface area contributed by atoms with Crippen LogP contribution >= 0.6 is 11.3 Å². The summed E-state index contributed by atoms with van der Waals surface area (Å²) in [5.74, 6) is 0. The highest BCUT2D eigenvalue weighted by molar-refractivity contribution is 7.09. The molecule has 88 valence electrons. The highest BCUT2D eigenvalue weighted by Crippen LogP contribution is 2.32. The molecule has 2 heterocycles. The van der Waals surface area contributed by atoms with Gasteiger partial charge in [-0.2, -0.15) is 0 Å². The summed E-state index contributed by atoms with van der Waals surface area (Å²) in [5.41, 5.74) is 1.04. The van der Waals surface area contributed by atoms with E-state index in [2.05, 4.69) is 10.2 Å². The highest BCUT2D eigenvalue weighted by atomic mass is 32.1. The SMILES string of the molecule is O=c1ccn(C2CC2)c(=O)n1Cc1nncs1. The molecule has 1 aliphatic carbocycles. The van der Waals surface area contributed by atoms with Gasteiger partial charge in [-0.3, -0.25) is 13.9 Å². The van der Waals surface area contributed by atoms with Crippen LogP contribution in [0.5, 0.6) is 0 Å². The zero-order valence-electron chi connectivity index (χ0n) is 8.94. The van der Waals surface area contributed by atoms with Crippen molar-refractivity contribution < 1.29 is 0 Å². The van der Waals surface area contributed by atoms with E-state index in [1.165, 1.54) is 22.0 Å². The molecule has 0 spiro atoms. The Balaban J connectivity index is 2.05. The Kier molecular flexibility index (Phi) is 2.40. The lowest BCUT2D eigenvalue weighted by atomic mass is 10.5. The molecule has 3 rings (SSSR count). The smallest absolute Gasteiger partial charge is 0.297 e. The van der Waals surface area contributed by atoms with Gasteiger partial charge in [-0.25, -0.2) is 4.79 Å². The van der Waals surface area contributed by atoms with Crippen LogP contribution in [0.3, 0.4) is 0 Å². The lowest BCUT2D eigenvalue weighted by Crippen LogP contribution is -2.38. The average molecular weight is 250 g/mol. The fraction of sp³-hybridized carbons (Fsp3) is 0.400. The monoisotopic (exact) mass is 250 g/mol. The topological polar surface area (TPSA) is 69.8 Å². The molecule has 17 heavy (non-hydrogen) atoms. The van der Waals surface area contributed by atoms with E-state index in [4.69, 9.17) is 0 Å². The molecule has 6 nitrogen and oxygen atoms in total. The molecule has 2 aromatic rings. The van der Waals surface area contributed by atoms with Crippen LogP contribution in [0.4, 0.5) is 0 Å². The van der Waals surface area contributed by atoms with Crippen LogP contribution in [0.25, 0.3) is 0 Å². The second-order valence-corrected chi connectivity index (χ2v) is 4.91. The van der Waals surface area contributed by atoms with E-state index in [1.807, 2.05) is 0 Å². The molecule has 0 saturated heterocycles. The van der Waals surface area contributed by atoms with E-state index in [9.17, 15) is 9.59 Å². The molecular formula is C10H10N4O2S. The Labute approximate surface area is 100 Å². The van der Waals surface area contributed by atoms with E-state index >= 15 is 0 Å². The molecule has 1 aliphatic rings. The number of rotatable bonds is 3. The molecule has 0 atom stereocenters. The van der Waals surface area contributed by atoms with Gasteiger partial charge in [-0.15, -0.1) is 21.5 Å². The molecule has 1 saturated carbocycles. The minimum Gasteiger partial charge on any atom is -0.297 e. The molecule has 0 N–H and O–H groups in total. The Morgan fingerprint density at radius 1 is 1.41 bits per heavy atom. The van der Waals surface area contributed by atoms with Crippen LogP contribution in [-0.2, 0) is 6.54 Å². The van der Waals surface area contributed by atoms with Gasteiger partial charge in [0.15, 0.2) is 0 Å². The van der Waals surface area contributed by atoms with Gasteiger partial charge in [0.2, 0.25) is 0 Å². The van der Waals surface area contributed by atoms with E-state index in [1.54, 1.807) is 16.3 Å². The molecule has 0 aromatic carbocycles. The maximum Gasteiger partial charge on any atom is 0.331 e. The average Bonchev–Trinajstić information content (AvgIpc) is 3.02. The molecule has 0 unspecified atom stereocenters. The van der Waals surface area contributed by atoms with Gasteiger partial charge < -0.3 is 0 Å². The van der Waals surface area contributed by atoms with Crippen molar-refractivity contribution in [3.05, 3.63) is 43.6 Å². The molecule has 0 amide bonds. The van der Waals surface area contributed by atoms with Crippen LogP contribution in [0.2, 0.25) is 0 Å². The maximum atomic E-state index is 12.1. The van der Waals surface area contributed by atoms with Gasteiger partial charge >= 0.3 is 5.69 Å². The van der Waals surface area contributed by atoms with Crippen molar-refractivity contribution in [3.8, 4) is 0 Å². The van der Waals surface area contributed by atoms with Gasteiger partial charge in [0.05, 0.1) is 6.54 Å². The third-order valence-electron chi connectivity index (χ3n) is 2.73. The Bertz CT molecular complexity index is 639. The van der Waals surface area contributed by atoms with Crippen molar-refractivity contribution >= 4 is 11.3 Å². The van der Waals surface area contributed by atoms with Crippen molar-refractivity contribution in [3.63, 3.8) is 0 Å². The van der Waals surface area contributed by atoms with Gasteiger partial charge in [-0.05, 0) is 12.8 Å². The first-order valence-electron chi connectivity index (χ1n) is 5.33. The summed E-state index contributed by atoms with van der Waals surface area (Å²) in [7, 11) is 0. The molecule has 0 radical (unpaired) electrons. The van der Waals surface area contributed by atoms with Crippen molar-refractivity contribution in [1.29, 1.82) is 0 Å². The minimum absolute atomic E-state index is 0.204. The zero-order chi connectivity index (χ0) is 11.8. The standard InChI is InChI=1S/C10H10N4O2S/c15-9-3-4-13(7-1-2-7)10(16)14(9)5-8-12-11-6-17-8/h3-4,6-7H,1-2,5H2. The van der Waals surface area contributed by atoms with Crippen LogP contribution < -0.4 is 11.2 Å². The van der Waals surface area contributed by atoms with Crippen molar-refractivity contribution in [2.24, 2.45) is 0 Å². The lowest BCUT2D eigenvalue weighted by Gasteiger charge is -2.06. The van der Waals surface area contributed by atoms with Crippen molar-refractivity contribution in [2.75, 3.05) is 0 Å². The largest absolute Gasteiger partial charge is 0.331 e. The van der Waals surface area contributed by atoms with Crippen molar-refractivity contribution in [1.82, 2.24) is 19.3 Å². The van der Waals surface area contributed by atoms with E-state index in [-0.39, 0.29) is 23.8 Å². The number of aromatic nitrogens is 4. The highest BCUT2D eigenvalue weighted by Gasteiger charge is 2.25. The van der Waals surface area contributed by atoms with Crippen LogP contribution in [0.1, 0.15) is 23.9 Å². The summed E-state index contributed by atoms with van der Waals surface area (Å²) in [6.45, 7) is 0.204. The molecule has 0 aliphatic heterocycles. The third-order valence-corrected chi connectivity index (χ3v) is 3.42. The van der Waals surface area contributed by atoms with E-state index in [0.717, 1.165) is 12.8 Å².